The maximum atomic E-state index is 14.2. The maximum Gasteiger partial charge on any atom is 0.343 e. The van der Waals surface area contributed by atoms with E-state index in [1.165, 1.54) is 51.4 Å². The molecular formula is C61H72O10. The Labute approximate surface area is 420 Å². The first-order valence-electron chi connectivity index (χ1n) is 26.4. The second-order valence-electron chi connectivity index (χ2n) is 22.1. The Kier molecular flexibility index (Phi) is 15.6. The third-order valence-electron chi connectivity index (χ3n) is 17.5. The van der Waals surface area contributed by atoms with Gasteiger partial charge in [0.2, 0.25) is 12.0 Å². The van der Waals surface area contributed by atoms with Crippen LogP contribution in [0.15, 0.2) is 133 Å². The van der Waals surface area contributed by atoms with Gasteiger partial charge in [-0.1, -0.05) is 127 Å². The molecule has 4 aliphatic carbocycles. The molecule has 6 unspecified atom stereocenters. The summed E-state index contributed by atoms with van der Waals surface area (Å²) >= 11 is 0. The SMILES string of the molecule is CC(C)CCCC(C)[C@H]1CCC2C3CCC4C[C@@H](O[C@H]5OC(COC(=O)c6ccccc6)[C@@H](OC(=O)c6ccccc6)C(OC(=O)c6ccccc6)=C5OC(=O)c5ccccc5)CC[C@]4(C)C3CC[C@@]21C. The highest BCUT2D eigenvalue weighted by molar-refractivity contribution is 5.92. The minimum absolute atomic E-state index is 0.151. The highest BCUT2D eigenvalue weighted by Crippen LogP contribution is 2.68. The fraction of sp³-hybridized carbons (Fsp3) is 0.508. The molecule has 0 spiro atoms. The van der Waals surface area contributed by atoms with Crippen LogP contribution in [0, 0.1) is 52.3 Å². The maximum absolute atomic E-state index is 14.2. The number of esters is 4. The van der Waals surface area contributed by atoms with Crippen LogP contribution in [-0.2, 0) is 28.4 Å². The highest BCUT2D eigenvalue weighted by Gasteiger charge is 2.61. The lowest BCUT2D eigenvalue weighted by molar-refractivity contribution is -0.239. The lowest BCUT2D eigenvalue weighted by Crippen LogP contribution is -2.55. The van der Waals surface area contributed by atoms with Gasteiger partial charge in [0.25, 0.3) is 0 Å². The monoisotopic (exact) mass is 965 g/mol. The predicted molar refractivity (Wildman–Crippen MR) is 270 cm³/mol. The molecule has 0 saturated heterocycles. The quantitative estimate of drug-likeness (QED) is 0.0792. The van der Waals surface area contributed by atoms with Crippen LogP contribution in [-0.4, -0.2) is 55.1 Å². The van der Waals surface area contributed by atoms with Gasteiger partial charge >= 0.3 is 23.9 Å². The van der Waals surface area contributed by atoms with Crippen molar-refractivity contribution in [2.24, 2.45) is 52.3 Å². The lowest BCUT2D eigenvalue weighted by Gasteiger charge is -2.61. The molecule has 4 aromatic carbocycles. The third kappa shape index (κ3) is 10.9. The third-order valence-corrected chi connectivity index (χ3v) is 17.5. The Hall–Kier alpha value is -5.58. The zero-order valence-electron chi connectivity index (χ0n) is 42.2. The van der Waals surface area contributed by atoms with Crippen molar-refractivity contribution in [3.8, 4) is 0 Å². The van der Waals surface area contributed by atoms with E-state index in [0.717, 1.165) is 55.3 Å². The zero-order valence-corrected chi connectivity index (χ0v) is 42.2. The Morgan fingerprint density at radius 3 is 1.72 bits per heavy atom. The van der Waals surface area contributed by atoms with Crippen molar-refractivity contribution in [3.63, 3.8) is 0 Å². The minimum atomic E-state index is -1.54. The van der Waals surface area contributed by atoms with Crippen LogP contribution in [0.2, 0.25) is 0 Å². The van der Waals surface area contributed by atoms with Crippen molar-refractivity contribution >= 4 is 23.9 Å². The summed E-state index contributed by atoms with van der Waals surface area (Å²) in [5.74, 6) is 1.36. The van der Waals surface area contributed by atoms with Crippen molar-refractivity contribution in [1.29, 1.82) is 0 Å². The summed E-state index contributed by atoms with van der Waals surface area (Å²) in [5, 5.41) is 0. The Balaban J connectivity index is 1.02. The van der Waals surface area contributed by atoms with Crippen LogP contribution in [0.3, 0.4) is 0 Å². The van der Waals surface area contributed by atoms with Crippen LogP contribution in [0.25, 0.3) is 0 Å². The van der Waals surface area contributed by atoms with Gasteiger partial charge < -0.3 is 28.4 Å². The van der Waals surface area contributed by atoms with Gasteiger partial charge in [-0.2, -0.15) is 0 Å². The van der Waals surface area contributed by atoms with Gasteiger partial charge in [-0.15, -0.1) is 0 Å². The lowest BCUT2D eigenvalue weighted by atomic mass is 9.44. The van der Waals surface area contributed by atoms with E-state index in [0.29, 0.717) is 22.8 Å². The molecule has 4 fully saturated rings. The molecule has 4 saturated carbocycles. The molecular weight excluding hydrogens is 893 g/mol. The number of hydrogen-bond donors (Lipinski definition) is 0. The fourth-order valence-electron chi connectivity index (χ4n) is 13.9. The Morgan fingerprint density at radius 2 is 1.13 bits per heavy atom. The first-order valence-corrected chi connectivity index (χ1v) is 26.4. The summed E-state index contributed by atoms with van der Waals surface area (Å²) in [4.78, 5) is 55.9. The van der Waals surface area contributed by atoms with E-state index in [2.05, 4.69) is 34.6 Å². The highest BCUT2D eigenvalue weighted by atomic mass is 16.7. The number of benzene rings is 4. The summed E-state index contributed by atoms with van der Waals surface area (Å²) in [6, 6.07) is 33.7. The average molecular weight is 965 g/mol. The molecule has 12 atom stereocenters. The van der Waals surface area contributed by atoms with E-state index in [9.17, 15) is 19.2 Å². The first kappa shape index (κ1) is 50.4. The van der Waals surface area contributed by atoms with Gasteiger partial charge in [0.1, 0.15) is 12.7 Å². The molecule has 10 nitrogen and oxygen atoms in total. The second kappa shape index (κ2) is 22.0. The van der Waals surface area contributed by atoms with Crippen LogP contribution >= 0.6 is 0 Å². The van der Waals surface area contributed by atoms with Crippen molar-refractivity contribution in [2.45, 2.75) is 136 Å². The van der Waals surface area contributed by atoms with Crippen LogP contribution in [0.5, 0.6) is 0 Å². The van der Waals surface area contributed by atoms with Crippen molar-refractivity contribution < 1.29 is 47.6 Å². The number of rotatable bonds is 16. The van der Waals surface area contributed by atoms with Crippen molar-refractivity contribution in [1.82, 2.24) is 0 Å². The fourth-order valence-corrected chi connectivity index (χ4v) is 13.9. The molecule has 1 heterocycles. The van der Waals surface area contributed by atoms with Gasteiger partial charge in [0.05, 0.1) is 28.4 Å². The molecule has 0 amide bonds. The molecule has 0 N–H and O–H groups in total. The molecule has 9 rings (SSSR count). The standard InChI is InChI=1S/C61H72O10/c1-39(2)19-18-20-40(3)48-31-32-49-47-30-29-45-37-46(33-35-60(45,4)50(47)34-36-61(48,49)5)67-59-54(71-58(65)44-27-16-9-17-28-44)53(70-57(64)43-25-14-8-15-26-43)52(69-56(63)42-23-12-7-13-24-42)51(68-59)38-66-55(62)41-21-10-6-11-22-41/h6-17,21-28,39-40,45-52,59H,18-20,29-38H2,1-5H3/t40?,45?,46-,47?,48+,49?,50?,51?,52+,59-,60-,61+/m0/s1. The largest absolute Gasteiger partial charge is 0.459 e. The number of hydrogen-bond acceptors (Lipinski definition) is 10. The minimum Gasteiger partial charge on any atom is -0.459 e. The summed E-state index contributed by atoms with van der Waals surface area (Å²) in [6.07, 6.45) is 9.51. The van der Waals surface area contributed by atoms with Crippen LogP contribution in [0.4, 0.5) is 0 Å². The zero-order chi connectivity index (χ0) is 49.7. The summed E-state index contributed by atoms with van der Waals surface area (Å²) in [7, 11) is 0. The molecule has 10 heteroatoms. The second-order valence-corrected chi connectivity index (χ2v) is 22.1. The molecule has 0 radical (unpaired) electrons. The number of carbonyl (C=O) groups excluding carboxylic acids is 4. The van der Waals surface area contributed by atoms with E-state index in [4.69, 9.17) is 28.4 Å². The number of ether oxygens (including phenoxy) is 6. The summed E-state index contributed by atoms with van der Waals surface area (Å²) in [6.45, 7) is 12.0. The Morgan fingerprint density at radius 1 is 0.592 bits per heavy atom. The van der Waals surface area contributed by atoms with E-state index in [-0.39, 0.29) is 39.7 Å². The van der Waals surface area contributed by atoms with Gasteiger partial charge in [0, 0.05) is 0 Å². The van der Waals surface area contributed by atoms with Gasteiger partial charge in [-0.3, -0.25) is 0 Å². The topological polar surface area (TPSA) is 124 Å². The molecule has 1 aliphatic heterocycles. The van der Waals surface area contributed by atoms with Crippen molar-refractivity contribution in [2.75, 3.05) is 6.61 Å². The average Bonchev–Trinajstić information content (AvgIpc) is 3.75. The van der Waals surface area contributed by atoms with Crippen LogP contribution in [0.1, 0.15) is 153 Å². The molecule has 376 valence electrons. The Bertz CT molecular complexity index is 2490. The van der Waals surface area contributed by atoms with E-state index in [1.54, 1.807) is 121 Å². The normalized spacial score (nSPS) is 30.5. The number of fused-ring (bicyclic) bond motifs is 5. The molecule has 71 heavy (non-hydrogen) atoms. The van der Waals surface area contributed by atoms with Gasteiger partial charge in [0.15, 0.2) is 11.9 Å². The van der Waals surface area contributed by atoms with E-state index < -0.39 is 49.0 Å². The van der Waals surface area contributed by atoms with Gasteiger partial charge in [-0.25, -0.2) is 19.2 Å². The van der Waals surface area contributed by atoms with E-state index >= 15 is 0 Å². The summed E-state index contributed by atoms with van der Waals surface area (Å²) in [5.41, 5.74) is 1.50. The van der Waals surface area contributed by atoms with Gasteiger partial charge in [-0.05, 0) is 159 Å². The molecule has 0 bridgehead atoms. The molecule has 4 aromatic rings. The van der Waals surface area contributed by atoms with Crippen LogP contribution < -0.4 is 0 Å². The first-order chi connectivity index (χ1) is 34.3. The number of carbonyl (C=O) groups is 4. The van der Waals surface area contributed by atoms with Crippen molar-refractivity contribution in [3.05, 3.63) is 155 Å². The molecule has 0 aromatic heterocycles. The molecule has 5 aliphatic rings. The smallest absolute Gasteiger partial charge is 0.343 e. The predicted octanol–water partition coefficient (Wildman–Crippen LogP) is 13.2. The van der Waals surface area contributed by atoms with E-state index in [1.807, 2.05) is 0 Å². The summed E-state index contributed by atoms with van der Waals surface area (Å²) < 4.78 is 38.4.